The van der Waals surface area contributed by atoms with Crippen LogP contribution in [0, 0.1) is 0 Å². The summed E-state index contributed by atoms with van der Waals surface area (Å²) in [6.07, 6.45) is 5.29. The highest BCUT2D eigenvalue weighted by molar-refractivity contribution is 5.94. The summed E-state index contributed by atoms with van der Waals surface area (Å²) in [6, 6.07) is 10.9. The number of benzene rings is 1. The highest BCUT2D eigenvalue weighted by Crippen LogP contribution is 2.21. The molecule has 2 N–H and O–H groups in total. The van der Waals surface area contributed by atoms with E-state index in [0.29, 0.717) is 23.6 Å². The summed E-state index contributed by atoms with van der Waals surface area (Å²) >= 11 is 0. The quantitative estimate of drug-likeness (QED) is 0.944. The third-order valence-electron chi connectivity index (χ3n) is 3.72. The Balaban J connectivity index is 1.67. The summed E-state index contributed by atoms with van der Waals surface area (Å²) in [7, 11) is 0. The van der Waals surface area contributed by atoms with E-state index < -0.39 is 0 Å². The van der Waals surface area contributed by atoms with Crippen molar-refractivity contribution in [2.24, 2.45) is 5.73 Å². The Morgan fingerprint density at radius 1 is 1.23 bits per heavy atom. The molecule has 1 aromatic carbocycles. The van der Waals surface area contributed by atoms with Gasteiger partial charge in [0.2, 0.25) is 0 Å². The molecule has 0 spiro atoms. The third kappa shape index (κ3) is 3.43. The van der Waals surface area contributed by atoms with Crippen molar-refractivity contribution in [3.05, 3.63) is 54.4 Å². The van der Waals surface area contributed by atoms with Gasteiger partial charge in [0.25, 0.3) is 5.91 Å². The van der Waals surface area contributed by atoms with Gasteiger partial charge in [0.15, 0.2) is 0 Å². The lowest BCUT2D eigenvalue weighted by molar-refractivity contribution is 0.0709. The van der Waals surface area contributed by atoms with Crippen LogP contribution in [0.5, 0.6) is 11.5 Å². The lowest BCUT2D eigenvalue weighted by Crippen LogP contribution is -2.45. The number of ether oxygens (including phenoxy) is 1. The van der Waals surface area contributed by atoms with Crippen molar-refractivity contribution in [1.29, 1.82) is 0 Å². The van der Waals surface area contributed by atoms with E-state index >= 15 is 0 Å². The zero-order chi connectivity index (χ0) is 15.4. The Kier molecular flexibility index (Phi) is 4.34. The van der Waals surface area contributed by atoms with E-state index in [1.54, 1.807) is 36.7 Å². The molecule has 22 heavy (non-hydrogen) atoms. The van der Waals surface area contributed by atoms with Gasteiger partial charge in [-0.05, 0) is 49.2 Å². The molecule has 0 aliphatic carbocycles. The Morgan fingerprint density at radius 2 is 2.05 bits per heavy atom. The van der Waals surface area contributed by atoms with Gasteiger partial charge < -0.3 is 15.4 Å². The first-order valence-electron chi connectivity index (χ1n) is 7.45. The number of likely N-dealkylation sites (tertiary alicyclic amines) is 1. The number of hydrogen-bond acceptors (Lipinski definition) is 4. The van der Waals surface area contributed by atoms with Gasteiger partial charge in [0, 0.05) is 30.9 Å². The molecule has 0 radical (unpaired) electrons. The van der Waals surface area contributed by atoms with Crippen LogP contribution in [-0.4, -0.2) is 34.9 Å². The molecule has 1 unspecified atom stereocenters. The van der Waals surface area contributed by atoms with Crippen molar-refractivity contribution in [2.45, 2.75) is 18.9 Å². The molecular formula is C17H19N3O2. The number of nitrogens with zero attached hydrogens (tertiary/aromatic N) is 2. The van der Waals surface area contributed by atoms with E-state index in [4.69, 9.17) is 10.5 Å². The summed E-state index contributed by atoms with van der Waals surface area (Å²) in [4.78, 5) is 18.3. The van der Waals surface area contributed by atoms with Crippen LogP contribution in [0.4, 0.5) is 0 Å². The first-order valence-corrected chi connectivity index (χ1v) is 7.45. The highest BCUT2D eigenvalue weighted by atomic mass is 16.5. The van der Waals surface area contributed by atoms with Crippen molar-refractivity contribution in [1.82, 2.24) is 9.88 Å². The van der Waals surface area contributed by atoms with Crippen LogP contribution in [0.1, 0.15) is 23.2 Å². The van der Waals surface area contributed by atoms with Crippen molar-refractivity contribution in [3.63, 3.8) is 0 Å². The molecule has 2 heterocycles. The molecule has 5 nitrogen and oxygen atoms in total. The molecule has 114 valence electrons. The van der Waals surface area contributed by atoms with Gasteiger partial charge in [-0.2, -0.15) is 0 Å². The topological polar surface area (TPSA) is 68.5 Å². The summed E-state index contributed by atoms with van der Waals surface area (Å²) in [6.45, 7) is 1.41. The summed E-state index contributed by atoms with van der Waals surface area (Å²) in [5, 5.41) is 0. The molecule has 1 saturated heterocycles. The standard InChI is InChI=1S/C17H19N3O2/c18-14-3-2-10-20(12-14)17(21)13-5-7-15(8-6-13)22-16-4-1-9-19-11-16/h1,4-9,11,14H,2-3,10,12,18H2. The lowest BCUT2D eigenvalue weighted by atomic mass is 10.1. The highest BCUT2D eigenvalue weighted by Gasteiger charge is 2.22. The van der Waals surface area contributed by atoms with E-state index in [0.717, 1.165) is 19.4 Å². The molecule has 2 aromatic rings. The van der Waals surface area contributed by atoms with Crippen molar-refractivity contribution < 1.29 is 9.53 Å². The fraction of sp³-hybridized carbons (Fsp3) is 0.294. The van der Waals surface area contributed by atoms with Gasteiger partial charge in [-0.1, -0.05) is 0 Å². The zero-order valence-corrected chi connectivity index (χ0v) is 12.3. The average molecular weight is 297 g/mol. The molecule has 0 saturated carbocycles. The number of nitrogens with two attached hydrogens (primary N) is 1. The minimum absolute atomic E-state index is 0.0306. The predicted molar refractivity (Wildman–Crippen MR) is 83.9 cm³/mol. The van der Waals surface area contributed by atoms with Crippen molar-refractivity contribution in [2.75, 3.05) is 13.1 Å². The molecule has 1 amide bonds. The minimum atomic E-state index is 0.0306. The van der Waals surface area contributed by atoms with E-state index in [1.807, 2.05) is 17.0 Å². The Morgan fingerprint density at radius 3 is 2.73 bits per heavy atom. The van der Waals surface area contributed by atoms with Crippen LogP contribution >= 0.6 is 0 Å². The first kappa shape index (κ1) is 14.5. The Bertz CT molecular complexity index is 628. The van der Waals surface area contributed by atoms with Gasteiger partial charge in [-0.3, -0.25) is 9.78 Å². The maximum Gasteiger partial charge on any atom is 0.253 e. The second-order valence-electron chi connectivity index (χ2n) is 5.47. The molecule has 0 bridgehead atoms. The maximum absolute atomic E-state index is 12.4. The first-order chi connectivity index (χ1) is 10.7. The molecule has 1 aromatic heterocycles. The second kappa shape index (κ2) is 6.58. The van der Waals surface area contributed by atoms with E-state index in [1.165, 1.54) is 0 Å². The molecular weight excluding hydrogens is 278 g/mol. The normalized spacial score (nSPS) is 18.0. The van der Waals surface area contributed by atoms with Crippen LogP contribution in [0.25, 0.3) is 0 Å². The van der Waals surface area contributed by atoms with E-state index in [-0.39, 0.29) is 11.9 Å². The molecule has 3 rings (SSSR count). The number of rotatable bonds is 3. The number of aromatic nitrogens is 1. The van der Waals surface area contributed by atoms with Crippen LogP contribution in [0.2, 0.25) is 0 Å². The van der Waals surface area contributed by atoms with Crippen molar-refractivity contribution in [3.8, 4) is 11.5 Å². The lowest BCUT2D eigenvalue weighted by Gasteiger charge is -2.30. The maximum atomic E-state index is 12.4. The monoisotopic (exact) mass is 297 g/mol. The number of amides is 1. The fourth-order valence-corrected chi connectivity index (χ4v) is 2.59. The number of pyridine rings is 1. The van der Waals surface area contributed by atoms with Crippen LogP contribution in [0.3, 0.4) is 0 Å². The van der Waals surface area contributed by atoms with E-state index in [2.05, 4.69) is 4.98 Å². The summed E-state index contributed by atoms with van der Waals surface area (Å²) in [5.41, 5.74) is 6.59. The molecule has 1 fully saturated rings. The third-order valence-corrected chi connectivity index (χ3v) is 3.72. The van der Waals surface area contributed by atoms with Crippen LogP contribution < -0.4 is 10.5 Å². The Labute approximate surface area is 129 Å². The molecule has 1 atom stereocenters. The van der Waals surface area contributed by atoms with Gasteiger partial charge in [0.1, 0.15) is 11.5 Å². The average Bonchev–Trinajstić information content (AvgIpc) is 2.56. The van der Waals surface area contributed by atoms with Gasteiger partial charge in [-0.25, -0.2) is 0 Å². The fourth-order valence-electron chi connectivity index (χ4n) is 2.59. The smallest absolute Gasteiger partial charge is 0.253 e. The van der Waals surface area contributed by atoms with E-state index in [9.17, 15) is 4.79 Å². The van der Waals surface area contributed by atoms with Gasteiger partial charge in [-0.15, -0.1) is 0 Å². The molecule has 5 heteroatoms. The van der Waals surface area contributed by atoms with Gasteiger partial charge >= 0.3 is 0 Å². The van der Waals surface area contributed by atoms with Gasteiger partial charge in [0.05, 0.1) is 6.20 Å². The summed E-state index contributed by atoms with van der Waals surface area (Å²) in [5.74, 6) is 1.38. The van der Waals surface area contributed by atoms with Crippen LogP contribution in [-0.2, 0) is 0 Å². The summed E-state index contributed by atoms with van der Waals surface area (Å²) < 4.78 is 5.67. The molecule has 1 aliphatic rings. The van der Waals surface area contributed by atoms with Crippen LogP contribution in [0.15, 0.2) is 48.8 Å². The number of carbonyl (C=O) groups is 1. The largest absolute Gasteiger partial charge is 0.456 e. The zero-order valence-electron chi connectivity index (χ0n) is 12.3. The molecule has 1 aliphatic heterocycles. The number of carbonyl (C=O) groups excluding carboxylic acids is 1. The second-order valence-corrected chi connectivity index (χ2v) is 5.47. The Hall–Kier alpha value is -2.40. The predicted octanol–water partition coefficient (Wildman–Crippen LogP) is 2.44. The minimum Gasteiger partial charge on any atom is -0.456 e. The SMILES string of the molecule is NC1CCCN(C(=O)c2ccc(Oc3cccnc3)cc2)C1. The number of hydrogen-bond donors (Lipinski definition) is 1. The van der Waals surface area contributed by atoms with Crippen molar-refractivity contribution >= 4 is 5.91 Å². The number of piperidine rings is 1.